The summed E-state index contributed by atoms with van der Waals surface area (Å²) in [5, 5.41) is 6.71. The van der Waals surface area contributed by atoms with Gasteiger partial charge in [-0.25, -0.2) is 10.2 Å². The van der Waals surface area contributed by atoms with E-state index in [9.17, 15) is 4.79 Å². The Bertz CT molecular complexity index is 902. The van der Waals surface area contributed by atoms with Crippen LogP contribution in [0.25, 0.3) is 5.69 Å². The molecule has 0 aliphatic carbocycles. The molecule has 3 rings (SSSR count). The highest BCUT2D eigenvalue weighted by molar-refractivity contribution is 9.10. The third kappa shape index (κ3) is 4.52. The molecule has 0 bridgehead atoms. The zero-order chi connectivity index (χ0) is 18.4. The number of urea groups is 1. The summed E-state index contributed by atoms with van der Waals surface area (Å²) in [5.74, 6) is 0.794. The van der Waals surface area contributed by atoms with Crippen molar-refractivity contribution in [3.05, 3.63) is 77.0 Å². The second kappa shape index (κ2) is 8.35. The van der Waals surface area contributed by atoms with Crippen molar-refractivity contribution >= 4 is 33.9 Å². The summed E-state index contributed by atoms with van der Waals surface area (Å²) in [6.45, 7) is 0. The number of ether oxygens (including phenoxy) is 1. The molecule has 2 N–H and O–H groups in total. The molecule has 0 atom stereocenters. The molecular weight excluding hydrogens is 396 g/mol. The van der Waals surface area contributed by atoms with Crippen LogP contribution in [0.3, 0.4) is 0 Å². The predicted octanol–water partition coefficient (Wildman–Crippen LogP) is 4.40. The normalized spacial score (nSPS) is 10.7. The van der Waals surface area contributed by atoms with E-state index in [1.165, 1.54) is 0 Å². The number of methoxy groups -OCH3 is 1. The van der Waals surface area contributed by atoms with E-state index in [2.05, 4.69) is 31.8 Å². The average molecular weight is 413 g/mol. The standard InChI is InChI=1S/C19H17BrN4O2/c1-26-18-10-8-16(9-11-18)24-12-2-3-17(24)13-21-23-19(25)22-15-6-4-14(20)5-7-15/h2-13H,1H3,(H2,22,23,25)/b21-13+. The molecule has 0 spiro atoms. The van der Waals surface area contributed by atoms with Crippen LogP contribution in [-0.2, 0) is 0 Å². The summed E-state index contributed by atoms with van der Waals surface area (Å²) >= 11 is 3.35. The molecule has 0 saturated heterocycles. The number of rotatable bonds is 5. The van der Waals surface area contributed by atoms with Gasteiger partial charge in [-0.1, -0.05) is 15.9 Å². The lowest BCUT2D eigenvalue weighted by atomic mass is 10.3. The molecule has 1 heterocycles. The number of anilines is 1. The van der Waals surface area contributed by atoms with E-state index >= 15 is 0 Å². The van der Waals surface area contributed by atoms with Crippen LogP contribution in [0.15, 0.2) is 76.4 Å². The first-order valence-electron chi connectivity index (χ1n) is 7.83. The van der Waals surface area contributed by atoms with Crippen LogP contribution in [0.4, 0.5) is 10.5 Å². The third-order valence-electron chi connectivity index (χ3n) is 3.60. The summed E-state index contributed by atoms with van der Waals surface area (Å²) in [7, 11) is 1.63. The maximum absolute atomic E-state index is 11.9. The van der Waals surface area contributed by atoms with Gasteiger partial charge < -0.3 is 14.6 Å². The Labute approximate surface area is 159 Å². The van der Waals surface area contributed by atoms with Gasteiger partial charge in [-0.3, -0.25) is 0 Å². The maximum atomic E-state index is 11.9. The second-order valence-electron chi connectivity index (χ2n) is 5.33. The topological polar surface area (TPSA) is 67.6 Å². The van der Waals surface area contributed by atoms with E-state index in [0.717, 1.165) is 21.6 Å². The van der Waals surface area contributed by atoms with Gasteiger partial charge in [0.15, 0.2) is 0 Å². The zero-order valence-electron chi connectivity index (χ0n) is 14.0. The number of hydrazone groups is 1. The van der Waals surface area contributed by atoms with Crippen molar-refractivity contribution in [3.8, 4) is 11.4 Å². The molecule has 0 unspecified atom stereocenters. The molecule has 0 aliphatic rings. The third-order valence-corrected chi connectivity index (χ3v) is 4.12. The van der Waals surface area contributed by atoms with E-state index in [-0.39, 0.29) is 0 Å². The number of carbonyl (C=O) groups is 1. The first-order chi connectivity index (χ1) is 12.7. The molecule has 6 nitrogen and oxygen atoms in total. The molecule has 132 valence electrons. The minimum absolute atomic E-state index is 0.411. The number of amides is 2. The number of hydrogen-bond acceptors (Lipinski definition) is 3. The zero-order valence-corrected chi connectivity index (χ0v) is 15.6. The molecule has 0 fully saturated rings. The predicted molar refractivity (Wildman–Crippen MR) is 106 cm³/mol. The van der Waals surface area contributed by atoms with E-state index in [0.29, 0.717) is 5.69 Å². The number of carbonyl (C=O) groups excluding carboxylic acids is 1. The van der Waals surface area contributed by atoms with Crippen LogP contribution in [0.2, 0.25) is 0 Å². The lowest BCUT2D eigenvalue weighted by molar-refractivity contribution is 0.252. The van der Waals surface area contributed by atoms with Crippen LogP contribution in [0, 0.1) is 0 Å². The molecule has 0 radical (unpaired) electrons. The number of nitrogens with one attached hydrogen (secondary N) is 2. The fourth-order valence-corrected chi connectivity index (χ4v) is 2.59. The van der Waals surface area contributed by atoms with Gasteiger partial charge in [-0.05, 0) is 60.7 Å². The monoisotopic (exact) mass is 412 g/mol. The van der Waals surface area contributed by atoms with Crippen LogP contribution >= 0.6 is 15.9 Å². The molecular formula is C19H17BrN4O2. The minimum Gasteiger partial charge on any atom is -0.497 e. The van der Waals surface area contributed by atoms with Gasteiger partial charge in [0.2, 0.25) is 0 Å². The van der Waals surface area contributed by atoms with Gasteiger partial charge in [-0.2, -0.15) is 5.10 Å². The summed E-state index contributed by atoms with van der Waals surface area (Å²) < 4.78 is 8.07. The molecule has 2 aromatic carbocycles. The van der Waals surface area contributed by atoms with E-state index in [1.807, 2.05) is 59.3 Å². The van der Waals surface area contributed by atoms with E-state index in [4.69, 9.17) is 4.74 Å². The number of hydrogen-bond donors (Lipinski definition) is 2. The fourth-order valence-electron chi connectivity index (χ4n) is 2.33. The van der Waals surface area contributed by atoms with Gasteiger partial charge in [0, 0.05) is 22.0 Å². The van der Waals surface area contributed by atoms with Crippen molar-refractivity contribution in [1.29, 1.82) is 0 Å². The van der Waals surface area contributed by atoms with Crippen molar-refractivity contribution in [2.24, 2.45) is 5.10 Å². The lowest BCUT2D eigenvalue weighted by Crippen LogP contribution is -2.24. The number of aromatic nitrogens is 1. The highest BCUT2D eigenvalue weighted by Crippen LogP contribution is 2.17. The van der Waals surface area contributed by atoms with E-state index in [1.54, 1.807) is 25.5 Å². The van der Waals surface area contributed by atoms with Gasteiger partial charge in [0.25, 0.3) is 0 Å². The smallest absolute Gasteiger partial charge is 0.339 e. The van der Waals surface area contributed by atoms with Crippen LogP contribution in [0.1, 0.15) is 5.69 Å². The summed E-state index contributed by atoms with van der Waals surface area (Å²) in [4.78, 5) is 11.9. The van der Waals surface area contributed by atoms with Crippen molar-refractivity contribution in [2.45, 2.75) is 0 Å². The van der Waals surface area contributed by atoms with Crippen molar-refractivity contribution in [2.75, 3.05) is 12.4 Å². The second-order valence-corrected chi connectivity index (χ2v) is 6.25. The van der Waals surface area contributed by atoms with Gasteiger partial charge in [-0.15, -0.1) is 0 Å². The van der Waals surface area contributed by atoms with E-state index < -0.39 is 6.03 Å². The largest absolute Gasteiger partial charge is 0.497 e. The molecule has 0 saturated carbocycles. The fraction of sp³-hybridized carbons (Fsp3) is 0.0526. The number of halogens is 1. The van der Waals surface area contributed by atoms with Gasteiger partial charge >= 0.3 is 6.03 Å². The summed E-state index contributed by atoms with van der Waals surface area (Å²) in [6.07, 6.45) is 3.51. The summed E-state index contributed by atoms with van der Waals surface area (Å²) in [5.41, 5.74) is 4.94. The SMILES string of the molecule is COc1ccc(-n2cccc2/C=N/NC(=O)Nc2ccc(Br)cc2)cc1. The Morgan fingerprint density at radius 1 is 1.12 bits per heavy atom. The highest BCUT2D eigenvalue weighted by Gasteiger charge is 2.03. The molecule has 3 aromatic rings. The van der Waals surface area contributed by atoms with Gasteiger partial charge in [0.1, 0.15) is 5.75 Å². The van der Waals surface area contributed by atoms with Crippen LogP contribution in [0.5, 0.6) is 5.75 Å². The summed E-state index contributed by atoms with van der Waals surface area (Å²) in [6, 6.07) is 18.4. The number of benzene rings is 2. The molecule has 0 aliphatic heterocycles. The first-order valence-corrected chi connectivity index (χ1v) is 8.62. The highest BCUT2D eigenvalue weighted by atomic mass is 79.9. The van der Waals surface area contributed by atoms with Gasteiger partial charge in [0.05, 0.1) is 19.0 Å². The first kappa shape index (κ1) is 17.8. The average Bonchev–Trinajstić information content (AvgIpc) is 3.12. The van der Waals surface area contributed by atoms with Crippen LogP contribution in [-0.4, -0.2) is 23.9 Å². The van der Waals surface area contributed by atoms with Crippen molar-refractivity contribution in [3.63, 3.8) is 0 Å². The Hall–Kier alpha value is -3.06. The Kier molecular flexibility index (Phi) is 5.70. The van der Waals surface area contributed by atoms with Crippen LogP contribution < -0.4 is 15.5 Å². The Morgan fingerprint density at radius 3 is 2.54 bits per heavy atom. The molecule has 1 aromatic heterocycles. The molecule has 2 amide bonds. The van der Waals surface area contributed by atoms with Crippen molar-refractivity contribution < 1.29 is 9.53 Å². The van der Waals surface area contributed by atoms with Crippen molar-refractivity contribution in [1.82, 2.24) is 9.99 Å². The maximum Gasteiger partial charge on any atom is 0.339 e. The molecule has 26 heavy (non-hydrogen) atoms. The lowest BCUT2D eigenvalue weighted by Gasteiger charge is -2.07. The Morgan fingerprint density at radius 2 is 1.85 bits per heavy atom. The minimum atomic E-state index is -0.411. The Balaban J connectivity index is 1.63. The quantitative estimate of drug-likeness (QED) is 0.481. The number of nitrogens with zero attached hydrogens (tertiary/aromatic N) is 2. The molecule has 7 heteroatoms.